The molecule has 35 heteroatoms. The number of nitrogens with zero attached hydrogens (tertiary/aromatic N) is 1. The van der Waals surface area contributed by atoms with E-state index in [9.17, 15) is 62.6 Å². The lowest BCUT2D eigenvalue weighted by Gasteiger charge is -2.28. The van der Waals surface area contributed by atoms with Crippen molar-refractivity contribution in [3.8, 4) is 0 Å². The topological polar surface area (TPSA) is 563 Å². The molecule has 101 heavy (non-hydrogen) atoms. The van der Waals surface area contributed by atoms with Gasteiger partial charge >= 0.3 is 0 Å². The Morgan fingerprint density at radius 3 is 1.41 bits per heavy atom. The molecule has 542 valence electrons. The van der Waals surface area contributed by atoms with E-state index in [0.717, 1.165) is 0 Å². The van der Waals surface area contributed by atoms with Gasteiger partial charge in [0, 0.05) is 85.2 Å². The Morgan fingerprint density at radius 2 is 0.941 bits per heavy atom. The number of hydrogen-bond acceptors (Lipinski definition) is 17. The number of fused-ring (bicyclic) bond motifs is 2. The van der Waals surface area contributed by atoms with Gasteiger partial charge < -0.3 is 101 Å². The first kappa shape index (κ1) is 78.6. The number of imidazole rings is 1. The minimum Gasteiger partial charge on any atom is -0.394 e. The number of benzene rings is 3. The van der Waals surface area contributed by atoms with E-state index < -0.39 is 163 Å². The van der Waals surface area contributed by atoms with Crippen LogP contribution in [0, 0.1) is 11.3 Å². The molecule has 0 aliphatic heterocycles. The second kappa shape index (κ2) is 38.7. The smallest absolute Gasteiger partial charge is 0.245 e. The summed E-state index contributed by atoms with van der Waals surface area (Å²) in [5.74, 6) is -13.4. The van der Waals surface area contributed by atoms with Crippen LogP contribution in [-0.2, 0) is 88.0 Å². The second-order valence-corrected chi connectivity index (χ2v) is 25.2. The number of aliphatic hydroxyl groups excluding tert-OH is 1. The van der Waals surface area contributed by atoms with Gasteiger partial charge in [-0.2, -0.15) is 11.8 Å². The Labute approximate surface area is 584 Å². The van der Waals surface area contributed by atoms with Gasteiger partial charge in [0.25, 0.3) is 0 Å². The Balaban J connectivity index is 1.26. The predicted molar refractivity (Wildman–Crippen MR) is 372 cm³/mol. The number of aromatic nitrogens is 4. The third kappa shape index (κ3) is 24.5. The number of nitrogens with two attached hydrogens (primary N) is 4. The Bertz CT molecular complexity index is 3900. The third-order valence-corrected chi connectivity index (χ3v) is 16.7. The number of aromatic amines is 3. The summed E-state index contributed by atoms with van der Waals surface area (Å²) in [6.07, 6.45) is 5.14. The molecule has 0 unspecified atom stereocenters. The monoisotopic (exact) mass is 1420 g/mol. The van der Waals surface area contributed by atoms with Crippen molar-refractivity contribution in [2.24, 2.45) is 28.9 Å². The minimum atomic E-state index is -1.86. The van der Waals surface area contributed by atoms with Crippen molar-refractivity contribution in [1.29, 1.82) is 5.41 Å². The van der Waals surface area contributed by atoms with Crippen LogP contribution in [-0.4, -0.2) is 193 Å². The molecule has 0 aliphatic rings. The Morgan fingerprint density at radius 1 is 0.505 bits per heavy atom. The van der Waals surface area contributed by atoms with Crippen LogP contribution in [0.4, 0.5) is 0 Å². The molecule has 13 amide bonds. The summed E-state index contributed by atoms with van der Waals surface area (Å²) in [5, 5.41) is 47.1. The Kier molecular flexibility index (Phi) is 30.1. The number of rotatable bonds is 41. The van der Waals surface area contributed by atoms with Gasteiger partial charge in [0.1, 0.15) is 60.4 Å². The molecule has 24 N–H and O–H groups in total. The quantitative estimate of drug-likeness (QED) is 0.0100. The molecular formula is C66H88N20O14S. The second-order valence-electron chi connectivity index (χ2n) is 24.3. The van der Waals surface area contributed by atoms with E-state index in [1.165, 1.54) is 31.2 Å². The summed E-state index contributed by atoms with van der Waals surface area (Å²) < 4.78 is 0. The van der Waals surface area contributed by atoms with Gasteiger partial charge in [0.15, 0.2) is 5.96 Å². The van der Waals surface area contributed by atoms with Crippen LogP contribution in [0.5, 0.6) is 0 Å². The number of amides is 13. The van der Waals surface area contributed by atoms with Crippen LogP contribution in [0.25, 0.3) is 21.8 Å². The molecule has 0 spiro atoms. The molecule has 0 bridgehead atoms. The molecular weight excluding hydrogens is 1330 g/mol. The summed E-state index contributed by atoms with van der Waals surface area (Å²) in [6, 6.07) is 7.13. The maximum atomic E-state index is 15.0. The van der Waals surface area contributed by atoms with Crippen molar-refractivity contribution in [3.63, 3.8) is 0 Å². The van der Waals surface area contributed by atoms with Crippen LogP contribution < -0.4 is 81.4 Å². The largest absolute Gasteiger partial charge is 0.394 e. The van der Waals surface area contributed by atoms with E-state index in [1.807, 2.05) is 0 Å². The van der Waals surface area contributed by atoms with Crippen molar-refractivity contribution in [2.45, 2.75) is 139 Å². The highest BCUT2D eigenvalue weighted by Crippen LogP contribution is 2.22. The van der Waals surface area contributed by atoms with Gasteiger partial charge in [-0.3, -0.25) is 67.7 Å². The molecule has 0 radical (unpaired) electrons. The maximum absolute atomic E-state index is 15.0. The van der Waals surface area contributed by atoms with Crippen molar-refractivity contribution < 1.29 is 67.4 Å². The predicted octanol–water partition coefficient (Wildman–Crippen LogP) is -3.59. The summed E-state index contributed by atoms with van der Waals surface area (Å²) in [4.78, 5) is 193. The van der Waals surface area contributed by atoms with Crippen molar-refractivity contribution >= 4 is 116 Å². The molecule has 0 saturated heterocycles. The SMILES string of the molecule is CSCC[C@H](NC(=O)[C@H](Cc1c[nH]c2ccccc12)NC(=O)[C@H](Cc1cnc[nH]1)NC(=O)[C@H](CC(N)=O)NC(=O)[C@H](CO)NC(=O)[C@H](Cc1ccccc1)NC(C)=O)C(=O)N[C@@H](CC(N)=O)C(=O)N[C@@H](Cc1c[nH]c2ccccc12)C(=O)N[C@H](C(=O)N[C@@H](CCCNC(=N)N)C(N)=O)C(C)C. The summed E-state index contributed by atoms with van der Waals surface area (Å²) in [7, 11) is 0. The number of H-pyrrole nitrogens is 3. The van der Waals surface area contributed by atoms with Crippen molar-refractivity contribution in [1.82, 2.24) is 78.4 Å². The van der Waals surface area contributed by atoms with Gasteiger partial charge in [-0.25, -0.2) is 4.98 Å². The maximum Gasteiger partial charge on any atom is 0.245 e. The Hall–Kier alpha value is -11.4. The average molecular weight is 1420 g/mol. The van der Waals surface area contributed by atoms with E-state index in [4.69, 9.17) is 28.3 Å². The molecule has 3 aromatic heterocycles. The minimum absolute atomic E-state index is 0.0159. The number of primary amides is 3. The first-order valence-corrected chi connectivity index (χ1v) is 33.7. The van der Waals surface area contributed by atoms with Gasteiger partial charge in [0.05, 0.1) is 25.8 Å². The van der Waals surface area contributed by atoms with E-state index >= 15 is 4.79 Å². The third-order valence-electron chi connectivity index (χ3n) is 16.1. The van der Waals surface area contributed by atoms with E-state index in [2.05, 4.69) is 78.4 Å². The molecule has 0 fully saturated rings. The summed E-state index contributed by atoms with van der Waals surface area (Å²) in [5.41, 5.74) is 25.5. The summed E-state index contributed by atoms with van der Waals surface area (Å²) >= 11 is 1.28. The molecule has 6 rings (SSSR count). The van der Waals surface area contributed by atoms with Crippen LogP contribution in [0.2, 0.25) is 0 Å². The standard InChI is InChI=1S/C66H88N20O14S/c1-34(2)55(65(100)78-44(56(69)91)19-12-21-73-66(70)71)86-63(98)48(25-38-30-75-43-18-11-9-16-41(38)43)81-61(96)50(27-53(67)89)83-57(92)45(20-22-101-4)79-59(94)47(24-37-29-74-42-17-10-8-15-40(37)42)80-60(95)49(26-39-31-72-33-76-39)82-62(97)51(28-54(68)90)84-64(99)52(32-87)85-58(93)46(77-35(3)88)23-36-13-6-5-7-14-36/h5-11,13-18,29-31,33-34,44-52,55,74-75,87H,12,19-28,32H2,1-4H3,(H2,67,89)(H2,68,90)(H2,69,91)(H,72,76)(H,77,88)(H,78,100)(H,79,94)(H,80,95)(H,81,96)(H,82,97)(H,83,92)(H,84,99)(H,85,93)(H,86,98)(H4,70,71,73)/t44-,45-,46-,47-,48-,49-,50-,51-,52-,55-/m0/s1. The molecule has 0 saturated carbocycles. The highest BCUT2D eigenvalue weighted by atomic mass is 32.2. The lowest BCUT2D eigenvalue weighted by atomic mass is 9.99. The molecule has 3 aromatic carbocycles. The first-order chi connectivity index (χ1) is 48.1. The lowest BCUT2D eigenvalue weighted by molar-refractivity contribution is -0.137. The zero-order chi connectivity index (χ0) is 73.9. The fraction of sp³-hybridized carbons (Fsp3) is 0.409. The molecule has 34 nitrogen and oxygen atoms in total. The average Bonchev–Trinajstić information content (AvgIpc) is 1.71. The van der Waals surface area contributed by atoms with E-state index in [0.29, 0.717) is 38.5 Å². The number of nitrogens with one attached hydrogen (secondary N) is 15. The number of guanidine groups is 1. The number of aliphatic hydroxyl groups is 1. The van der Waals surface area contributed by atoms with Crippen molar-refractivity contribution in [3.05, 3.63) is 126 Å². The van der Waals surface area contributed by atoms with Gasteiger partial charge in [-0.15, -0.1) is 0 Å². The zero-order valence-electron chi connectivity index (χ0n) is 56.1. The van der Waals surface area contributed by atoms with E-state index in [1.54, 1.807) is 111 Å². The van der Waals surface area contributed by atoms with Crippen LogP contribution in [0.15, 0.2) is 104 Å². The molecule has 0 aliphatic carbocycles. The zero-order valence-corrected chi connectivity index (χ0v) is 56.9. The summed E-state index contributed by atoms with van der Waals surface area (Å²) in [6.45, 7) is 3.58. The molecule has 6 aromatic rings. The van der Waals surface area contributed by atoms with Crippen molar-refractivity contribution in [2.75, 3.05) is 25.2 Å². The highest BCUT2D eigenvalue weighted by Gasteiger charge is 2.38. The number of hydrogen-bond donors (Lipinski definition) is 20. The van der Waals surface area contributed by atoms with Crippen LogP contribution in [0.3, 0.4) is 0 Å². The number of carbonyl (C=O) groups excluding carboxylic acids is 13. The number of thioether (sulfide) groups is 1. The number of para-hydroxylation sites is 2. The van der Waals surface area contributed by atoms with Gasteiger partial charge in [0.2, 0.25) is 76.8 Å². The number of carbonyl (C=O) groups is 13. The normalized spacial score (nSPS) is 14.1. The lowest BCUT2D eigenvalue weighted by Crippen LogP contribution is -2.62. The van der Waals surface area contributed by atoms with Gasteiger partial charge in [-0.05, 0) is 66.0 Å². The first-order valence-electron chi connectivity index (χ1n) is 32.3. The fourth-order valence-electron chi connectivity index (χ4n) is 10.9. The molecule has 10 atom stereocenters. The van der Waals surface area contributed by atoms with Crippen LogP contribution in [0.1, 0.15) is 75.3 Å². The van der Waals surface area contributed by atoms with E-state index in [-0.39, 0.29) is 68.9 Å². The fourth-order valence-corrected chi connectivity index (χ4v) is 11.4. The molecule has 3 heterocycles. The highest BCUT2D eigenvalue weighted by molar-refractivity contribution is 7.98. The van der Waals surface area contributed by atoms with Crippen LogP contribution >= 0.6 is 11.8 Å². The van der Waals surface area contributed by atoms with Gasteiger partial charge in [-0.1, -0.05) is 80.6 Å².